The first-order chi connectivity index (χ1) is 16.9. The lowest BCUT2D eigenvalue weighted by Crippen LogP contribution is -2.38. The van der Waals surface area contributed by atoms with E-state index in [4.69, 9.17) is 9.47 Å². The van der Waals surface area contributed by atoms with Gasteiger partial charge in [0.05, 0.1) is 13.7 Å². The van der Waals surface area contributed by atoms with Gasteiger partial charge in [-0.1, -0.05) is 31.2 Å². The maximum atomic E-state index is 12.8. The van der Waals surface area contributed by atoms with Gasteiger partial charge < -0.3 is 24.8 Å². The molecule has 1 saturated heterocycles. The molecule has 10 heteroatoms. The molecule has 1 aliphatic heterocycles. The third-order valence-corrected chi connectivity index (χ3v) is 5.09. The van der Waals surface area contributed by atoms with Crippen molar-refractivity contribution in [3.63, 3.8) is 0 Å². The number of esters is 1. The number of amides is 4. The largest absolute Gasteiger partial charge is 0.490 e. The number of urea groups is 1. The Kier molecular flexibility index (Phi) is 8.44. The highest BCUT2D eigenvalue weighted by atomic mass is 16.6. The van der Waals surface area contributed by atoms with Gasteiger partial charge in [0.15, 0.2) is 18.1 Å². The average Bonchev–Trinajstić information content (AvgIpc) is 3.11. The number of nitrogens with one attached hydrogen (secondary N) is 2. The van der Waals surface area contributed by atoms with E-state index in [1.807, 2.05) is 19.1 Å². The first kappa shape index (κ1) is 25.3. The molecule has 35 heavy (non-hydrogen) atoms. The fraction of sp³-hybridized carbons (Fsp3) is 0.280. The summed E-state index contributed by atoms with van der Waals surface area (Å²) in [5.41, 5.74) is 2.15. The van der Waals surface area contributed by atoms with Crippen molar-refractivity contribution in [3.8, 4) is 11.5 Å². The summed E-state index contributed by atoms with van der Waals surface area (Å²) in [6.45, 7) is 3.39. The van der Waals surface area contributed by atoms with Crippen LogP contribution in [0.15, 0.2) is 48.2 Å². The normalized spacial score (nSPS) is 14.0. The van der Waals surface area contributed by atoms with Crippen molar-refractivity contribution in [2.45, 2.75) is 20.3 Å². The number of anilines is 1. The van der Waals surface area contributed by atoms with E-state index in [2.05, 4.69) is 15.4 Å². The lowest BCUT2D eigenvalue weighted by atomic mass is 10.1. The number of carbonyl (C=O) groups is 4. The summed E-state index contributed by atoms with van der Waals surface area (Å²) in [6, 6.07) is 11.5. The number of hydrogen-bond donors (Lipinski definition) is 2. The predicted molar refractivity (Wildman–Crippen MR) is 128 cm³/mol. The van der Waals surface area contributed by atoms with Crippen molar-refractivity contribution < 1.29 is 33.4 Å². The topological polar surface area (TPSA) is 123 Å². The van der Waals surface area contributed by atoms with Gasteiger partial charge in [-0.25, -0.2) is 14.5 Å². The monoisotopic (exact) mass is 481 g/mol. The van der Waals surface area contributed by atoms with Crippen LogP contribution in [0.25, 0.3) is 6.08 Å². The number of ether oxygens (including phenoxy) is 3. The van der Waals surface area contributed by atoms with Crippen molar-refractivity contribution in [2.75, 3.05) is 32.2 Å². The first-order valence-electron chi connectivity index (χ1n) is 11.0. The number of benzene rings is 2. The van der Waals surface area contributed by atoms with Crippen LogP contribution in [0.5, 0.6) is 11.5 Å². The average molecular weight is 482 g/mol. The number of carbonyl (C=O) groups excluding carboxylic acids is 4. The van der Waals surface area contributed by atoms with Crippen molar-refractivity contribution in [2.24, 2.45) is 0 Å². The molecule has 10 nitrogen and oxygen atoms in total. The quantitative estimate of drug-likeness (QED) is 0.304. The molecular weight excluding hydrogens is 454 g/mol. The zero-order chi connectivity index (χ0) is 25.4. The Hall–Kier alpha value is -4.34. The summed E-state index contributed by atoms with van der Waals surface area (Å²) in [6.07, 6.45) is 2.19. The van der Waals surface area contributed by atoms with Crippen molar-refractivity contribution in [3.05, 3.63) is 59.3 Å². The van der Waals surface area contributed by atoms with Crippen LogP contribution in [0.2, 0.25) is 0 Å². The van der Waals surface area contributed by atoms with E-state index in [9.17, 15) is 19.2 Å². The highest BCUT2D eigenvalue weighted by Crippen LogP contribution is 2.30. The van der Waals surface area contributed by atoms with Gasteiger partial charge in [-0.3, -0.25) is 9.59 Å². The summed E-state index contributed by atoms with van der Waals surface area (Å²) in [5, 5.41) is 5.24. The molecule has 1 fully saturated rings. The number of methoxy groups -OCH3 is 1. The molecule has 4 amide bonds. The van der Waals surface area contributed by atoms with E-state index in [1.54, 1.807) is 37.3 Å². The van der Waals surface area contributed by atoms with Crippen LogP contribution < -0.4 is 20.1 Å². The van der Waals surface area contributed by atoms with Gasteiger partial charge in [0.1, 0.15) is 12.2 Å². The van der Waals surface area contributed by atoms with E-state index in [1.165, 1.54) is 13.2 Å². The van der Waals surface area contributed by atoms with Crippen LogP contribution in [-0.4, -0.2) is 55.6 Å². The summed E-state index contributed by atoms with van der Waals surface area (Å²) in [4.78, 5) is 49.9. The van der Waals surface area contributed by atoms with Crippen LogP contribution in [0, 0.1) is 0 Å². The second-order valence-corrected chi connectivity index (χ2v) is 7.44. The van der Waals surface area contributed by atoms with Crippen molar-refractivity contribution >= 4 is 35.6 Å². The molecule has 0 saturated carbocycles. The second-order valence-electron chi connectivity index (χ2n) is 7.44. The van der Waals surface area contributed by atoms with E-state index < -0.39 is 30.4 Å². The zero-order valence-electron chi connectivity index (χ0n) is 19.8. The van der Waals surface area contributed by atoms with Gasteiger partial charge in [0.25, 0.3) is 5.91 Å². The smallest absolute Gasteiger partial charge is 0.343 e. The SMILES string of the molecule is CCOc1cc(/C=C2/NC(=O)N(CC(=O)Nc3ccccc3CC)C2=O)ccc1OCC(=O)OC. The van der Waals surface area contributed by atoms with E-state index in [0.29, 0.717) is 29.4 Å². The van der Waals surface area contributed by atoms with Gasteiger partial charge in [-0.2, -0.15) is 0 Å². The predicted octanol–water partition coefficient (Wildman–Crippen LogP) is 2.73. The molecule has 0 spiro atoms. The molecule has 0 radical (unpaired) electrons. The Bertz CT molecular complexity index is 1160. The van der Waals surface area contributed by atoms with Crippen LogP contribution in [0.1, 0.15) is 25.0 Å². The highest BCUT2D eigenvalue weighted by Gasteiger charge is 2.35. The molecule has 1 aliphatic rings. The van der Waals surface area contributed by atoms with E-state index in [-0.39, 0.29) is 12.3 Å². The Morgan fingerprint density at radius 3 is 2.54 bits per heavy atom. The first-order valence-corrected chi connectivity index (χ1v) is 11.0. The molecular formula is C25H27N3O7. The van der Waals surface area contributed by atoms with Crippen molar-refractivity contribution in [1.82, 2.24) is 10.2 Å². The maximum Gasteiger partial charge on any atom is 0.343 e. The molecule has 184 valence electrons. The minimum Gasteiger partial charge on any atom is -0.490 e. The van der Waals surface area contributed by atoms with Gasteiger partial charge >= 0.3 is 12.0 Å². The Morgan fingerprint density at radius 1 is 1.06 bits per heavy atom. The van der Waals surface area contributed by atoms with E-state index in [0.717, 1.165) is 16.9 Å². The molecule has 0 aromatic heterocycles. The minimum absolute atomic E-state index is 0.0161. The van der Waals surface area contributed by atoms with Gasteiger partial charge in [-0.05, 0) is 48.7 Å². The third kappa shape index (κ3) is 6.38. The Balaban J connectivity index is 1.72. The lowest BCUT2D eigenvalue weighted by Gasteiger charge is -2.13. The number of aryl methyl sites for hydroxylation is 1. The lowest BCUT2D eigenvalue weighted by molar-refractivity contribution is -0.143. The standard InChI is InChI=1S/C25H27N3O7/c1-4-17-8-6-7-9-18(17)26-22(29)14-28-24(31)19(27-25(28)32)12-16-10-11-20(21(13-16)34-5-2)35-15-23(30)33-3/h6-13H,4-5,14-15H2,1-3H3,(H,26,29)(H,27,32)/b19-12+. The highest BCUT2D eigenvalue weighted by molar-refractivity contribution is 6.16. The molecule has 0 bridgehead atoms. The molecule has 2 N–H and O–H groups in total. The fourth-order valence-electron chi connectivity index (χ4n) is 3.36. The minimum atomic E-state index is -0.691. The number of para-hydroxylation sites is 1. The molecule has 0 aliphatic carbocycles. The fourth-order valence-corrected chi connectivity index (χ4v) is 3.36. The number of imide groups is 1. The van der Waals surface area contributed by atoms with Crippen LogP contribution in [-0.2, 0) is 25.5 Å². The number of hydrogen-bond acceptors (Lipinski definition) is 7. The maximum absolute atomic E-state index is 12.8. The molecule has 2 aromatic carbocycles. The zero-order valence-corrected chi connectivity index (χ0v) is 19.8. The molecule has 0 unspecified atom stereocenters. The van der Waals surface area contributed by atoms with Crippen LogP contribution in [0.4, 0.5) is 10.5 Å². The number of rotatable bonds is 10. The van der Waals surface area contributed by atoms with Crippen LogP contribution >= 0.6 is 0 Å². The summed E-state index contributed by atoms with van der Waals surface area (Å²) in [5.74, 6) is -0.972. The summed E-state index contributed by atoms with van der Waals surface area (Å²) in [7, 11) is 1.26. The van der Waals surface area contributed by atoms with Crippen LogP contribution in [0.3, 0.4) is 0 Å². The van der Waals surface area contributed by atoms with Gasteiger partial charge in [-0.15, -0.1) is 0 Å². The molecule has 0 atom stereocenters. The number of nitrogens with zero attached hydrogens (tertiary/aromatic N) is 1. The summed E-state index contributed by atoms with van der Waals surface area (Å²) < 4.78 is 15.5. The van der Waals surface area contributed by atoms with Gasteiger partial charge in [0, 0.05) is 5.69 Å². The van der Waals surface area contributed by atoms with E-state index >= 15 is 0 Å². The molecule has 2 aromatic rings. The summed E-state index contributed by atoms with van der Waals surface area (Å²) >= 11 is 0. The molecule has 1 heterocycles. The van der Waals surface area contributed by atoms with Gasteiger partial charge in [0.2, 0.25) is 5.91 Å². The Morgan fingerprint density at radius 2 is 1.83 bits per heavy atom. The Labute approximate surface area is 202 Å². The molecule has 3 rings (SSSR count). The second kappa shape index (κ2) is 11.7. The third-order valence-electron chi connectivity index (χ3n) is 5.09. The van der Waals surface area contributed by atoms with Crippen molar-refractivity contribution in [1.29, 1.82) is 0 Å².